The standard InChI is InChI=1S/C51H56FN5O15/c1-3-51(67)32-18-36-42-30(20-57(36)47(64)31(32)23-69-49(51)65)41-34(13-12-28-25(2)33(52)19-35(55-42)40(28)41)56-50(66)70-22-26-11-14-37(71-48-45(62)44(61)43(60)38(21-58)72-48)29(17-26)46(63)54-16-15-53-39(59)24-68-27-9-7-5-4-6-8-10-27/h11,14,17-19,27,34,38,43-45,48,58,60-62,67H,3-7,9,12-13,15-16,20-24H2,1-2H3,(H,53,59)(H,54,63)(H,56,66)/t27?,34-,38+,43+,44-,45+,48+,51-/m0/s1. The number of alkyl carbamates (subject to hydrolysis) is 1. The van der Waals surface area contributed by atoms with Crippen LogP contribution in [0.4, 0.5) is 9.18 Å². The molecule has 8 N–H and O–H groups in total. The maximum atomic E-state index is 15.5. The highest BCUT2D eigenvalue weighted by Gasteiger charge is 2.47. The number of benzene rings is 2. The normalized spacial score (nSPS) is 25.1. The Balaban J connectivity index is 0.930. The van der Waals surface area contributed by atoms with Crippen molar-refractivity contribution in [2.45, 2.75) is 133 Å². The maximum absolute atomic E-state index is 15.5. The Morgan fingerprint density at radius 1 is 1.00 bits per heavy atom. The summed E-state index contributed by atoms with van der Waals surface area (Å²) >= 11 is 0. The van der Waals surface area contributed by atoms with Crippen LogP contribution >= 0.6 is 0 Å². The summed E-state index contributed by atoms with van der Waals surface area (Å²) in [6.45, 7) is 1.62. The number of amides is 3. The van der Waals surface area contributed by atoms with Crippen molar-refractivity contribution < 1.29 is 72.8 Å². The Hall–Kier alpha value is -6.51. The molecule has 9 rings (SSSR count). The molecule has 20 nitrogen and oxygen atoms in total. The second-order valence-corrected chi connectivity index (χ2v) is 18.6. The average molecular weight is 998 g/mol. The lowest BCUT2D eigenvalue weighted by Gasteiger charge is -2.39. The van der Waals surface area contributed by atoms with E-state index in [0.29, 0.717) is 57.4 Å². The lowest BCUT2D eigenvalue weighted by molar-refractivity contribution is -0.277. The van der Waals surface area contributed by atoms with Crippen LogP contribution in [0.3, 0.4) is 0 Å². The molecule has 2 aliphatic carbocycles. The van der Waals surface area contributed by atoms with Crippen LogP contribution in [0, 0.1) is 24.6 Å². The molecule has 3 amide bonds. The van der Waals surface area contributed by atoms with Gasteiger partial charge in [-0.2, -0.15) is 0 Å². The topological polar surface area (TPSA) is 287 Å². The van der Waals surface area contributed by atoms with E-state index in [4.69, 9.17) is 28.7 Å². The van der Waals surface area contributed by atoms with E-state index in [2.05, 4.69) is 27.8 Å². The molecule has 1 unspecified atom stereocenters. The molecule has 0 saturated carbocycles. The fraction of sp³-hybridized carbons (Fsp3) is 0.490. The first kappa shape index (κ1) is 50.4. The van der Waals surface area contributed by atoms with Crippen molar-refractivity contribution >= 4 is 34.8 Å². The van der Waals surface area contributed by atoms with Gasteiger partial charge in [0.05, 0.1) is 47.2 Å². The fourth-order valence-corrected chi connectivity index (χ4v) is 10.1. The van der Waals surface area contributed by atoms with Crippen LogP contribution in [0.2, 0.25) is 0 Å². The van der Waals surface area contributed by atoms with Gasteiger partial charge in [-0.05, 0) is 85.9 Å². The minimum absolute atomic E-state index is 0.0202. The summed E-state index contributed by atoms with van der Waals surface area (Å²) in [5.41, 5.74) is 1.11. The number of esters is 1. The van der Waals surface area contributed by atoms with E-state index in [-0.39, 0.29) is 79.9 Å². The van der Waals surface area contributed by atoms with E-state index in [1.165, 1.54) is 28.8 Å². The molecule has 0 bridgehead atoms. The molecule has 3 aliphatic heterocycles. The number of ether oxygens (including phenoxy) is 5. The lowest BCUT2D eigenvalue weighted by atomic mass is 9.81. The van der Waals surface area contributed by atoms with E-state index in [0.717, 1.165) is 32.1 Å². The highest BCUT2D eigenvalue weighted by atomic mass is 19.1. The summed E-state index contributed by atoms with van der Waals surface area (Å²) in [6, 6.07) is 6.33. The minimum Gasteiger partial charge on any atom is -0.461 e. The number of aryl methyl sites for hydroxylation is 1. The van der Waals surface area contributed by atoms with Crippen LogP contribution in [0.1, 0.15) is 107 Å². The number of hydrogen-bond donors (Lipinski definition) is 8. The van der Waals surface area contributed by atoms with Gasteiger partial charge in [-0.3, -0.25) is 14.4 Å². The molecule has 2 aromatic heterocycles. The van der Waals surface area contributed by atoms with Crippen molar-refractivity contribution in [1.82, 2.24) is 25.5 Å². The summed E-state index contributed by atoms with van der Waals surface area (Å²) in [5, 5.41) is 61.5. The van der Waals surface area contributed by atoms with Crippen molar-refractivity contribution in [3.05, 3.63) is 91.0 Å². The molecule has 2 aromatic carbocycles. The third-order valence-corrected chi connectivity index (χ3v) is 14.1. The molecule has 72 heavy (non-hydrogen) atoms. The van der Waals surface area contributed by atoms with Gasteiger partial charge in [0.25, 0.3) is 11.5 Å². The van der Waals surface area contributed by atoms with Gasteiger partial charge in [0, 0.05) is 42.1 Å². The number of pyridine rings is 2. The summed E-state index contributed by atoms with van der Waals surface area (Å²) in [5.74, 6) is 3.49. The first-order chi connectivity index (χ1) is 34.6. The van der Waals surface area contributed by atoms with Crippen LogP contribution in [0.15, 0.2) is 35.1 Å². The maximum Gasteiger partial charge on any atom is 0.407 e. The largest absolute Gasteiger partial charge is 0.461 e. The van der Waals surface area contributed by atoms with Crippen LogP contribution < -0.4 is 26.2 Å². The number of carbonyl (C=O) groups excluding carboxylic acids is 4. The Labute approximate surface area is 411 Å². The lowest BCUT2D eigenvalue weighted by Crippen LogP contribution is -2.60. The van der Waals surface area contributed by atoms with Crippen LogP contribution in [-0.4, -0.2) is 122 Å². The zero-order valence-electron chi connectivity index (χ0n) is 39.6. The molecule has 4 aromatic rings. The van der Waals surface area contributed by atoms with Gasteiger partial charge in [-0.25, -0.2) is 19.0 Å². The Morgan fingerprint density at radius 3 is 2.60 bits per heavy atom. The number of fused-ring (bicyclic) bond motifs is 5. The van der Waals surface area contributed by atoms with Crippen molar-refractivity contribution in [3.8, 4) is 29.0 Å². The number of carbonyl (C=O) groups is 4. The highest BCUT2D eigenvalue weighted by Crippen LogP contribution is 2.46. The molecule has 1 fully saturated rings. The van der Waals surface area contributed by atoms with E-state index in [9.17, 15) is 49.5 Å². The molecule has 0 radical (unpaired) electrons. The summed E-state index contributed by atoms with van der Waals surface area (Å²) < 4.78 is 45.0. The second-order valence-electron chi connectivity index (χ2n) is 18.6. The number of aliphatic hydroxyl groups excluding tert-OH is 4. The van der Waals surface area contributed by atoms with Crippen LogP contribution in [0.5, 0.6) is 5.75 Å². The summed E-state index contributed by atoms with van der Waals surface area (Å²) in [4.78, 5) is 71.9. The minimum atomic E-state index is -2.07. The fourth-order valence-electron chi connectivity index (χ4n) is 10.1. The van der Waals surface area contributed by atoms with Gasteiger partial charge in [-0.1, -0.05) is 25.3 Å². The Morgan fingerprint density at radius 2 is 1.81 bits per heavy atom. The molecule has 5 aliphatic rings. The Kier molecular flexibility index (Phi) is 14.6. The van der Waals surface area contributed by atoms with Crippen LogP contribution in [0.25, 0.3) is 22.3 Å². The van der Waals surface area contributed by atoms with Crippen molar-refractivity contribution in [2.24, 2.45) is 0 Å². The molecule has 21 heteroatoms. The predicted molar refractivity (Wildman–Crippen MR) is 250 cm³/mol. The number of aromatic nitrogens is 2. The van der Waals surface area contributed by atoms with Gasteiger partial charge in [0.2, 0.25) is 12.2 Å². The van der Waals surface area contributed by atoms with E-state index in [1.54, 1.807) is 19.9 Å². The van der Waals surface area contributed by atoms with Gasteiger partial charge in [-0.15, -0.1) is 5.92 Å². The Bertz CT molecular complexity index is 2950. The van der Waals surface area contributed by atoms with Gasteiger partial charge in [0.1, 0.15) is 61.9 Å². The van der Waals surface area contributed by atoms with Crippen molar-refractivity contribution in [1.29, 1.82) is 0 Å². The molecule has 1 saturated heterocycles. The third kappa shape index (κ3) is 9.63. The van der Waals surface area contributed by atoms with E-state index < -0.39 is 84.2 Å². The summed E-state index contributed by atoms with van der Waals surface area (Å²) in [7, 11) is 0. The molecule has 8 atom stereocenters. The zero-order chi connectivity index (χ0) is 51.0. The van der Waals surface area contributed by atoms with Gasteiger partial charge in [0.15, 0.2) is 5.60 Å². The average Bonchev–Trinajstić information content (AvgIpc) is 3.73. The van der Waals surface area contributed by atoms with Crippen molar-refractivity contribution in [3.63, 3.8) is 0 Å². The summed E-state index contributed by atoms with van der Waals surface area (Å²) in [6.07, 6.45) is -4.22. The number of cyclic esters (lactones) is 1. The van der Waals surface area contributed by atoms with Gasteiger partial charge >= 0.3 is 12.1 Å². The van der Waals surface area contributed by atoms with E-state index in [1.807, 2.05) is 0 Å². The van der Waals surface area contributed by atoms with E-state index >= 15 is 4.39 Å². The highest BCUT2D eigenvalue weighted by molar-refractivity contribution is 5.97. The number of hydrogen-bond acceptors (Lipinski definition) is 16. The molecular formula is C51H56FN5O15. The number of aliphatic hydroxyl groups is 5. The predicted octanol–water partition coefficient (Wildman–Crippen LogP) is 1.82. The second kappa shape index (κ2) is 20.9. The van der Waals surface area contributed by atoms with Crippen molar-refractivity contribution in [2.75, 3.05) is 26.3 Å². The molecular weight excluding hydrogens is 942 g/mol. The molecule has 382 valence electrons. The zero-order valence-corrected chi connectivity index (χ0v) is 39.6. The third-order valence-electron chi connectivity index (χ3n) is 14.1. The SMILES string of the molecule is CC[C@@]1(O)C(=O)OCc2c1cc1n(c2=O)Cc2c-1nc1cc(F)c(C)c3c1c2[C@@H](NC(=O)OCc1ccc(O[C@@H]2O[C@H](CO)[C@@H](O)[C@H](O)[C@H]2O)c(C(=O)NCCNC(=O)COC2C#CCCCCC2)c1)CC3. The van der Waals surface area contributed by atoms with Crippen LogP contribution in [-0.2, 0) is 60.3 Å². The monoisotopic (exact) mass is 997 g/mol. The number of rotatable bonds is 14. The first-order valence-corrected chi connectivity index (χ1v) is 24.1. The number of nitrogens with one attached hydrogen (secondary N) is 3. The smallest absolute Gasteiger partial charge is 0.407 e. The molecule has 0 spiro atoms. The molecule has 5 heterocycles. The number of nitrogens with zero attached hydrogens (tertiary/aromatic N) is 2. The quantitative estimate of drug-likeness (QED) is 0.0447. The van der Waals surface area contributed by atoms with Gasteiger partial charge < -0.3 is 69.7 Å². The first-order valence-electron chi connectivity index (χ1n) is 24.1. The number of halogens is 1.